The van der Waals surface area contributed by atoms with Crippen LogP contribution in [-0.2, 0) is 17.8 Å². The van der Waals surface area contributed by atoms with Gasteiger partial charge in [-0.15, -0.1) is 5.10 Å². The Morgan fingerprint density at radius 3 is 2.59 bits per heavy atom. The van der Waals surface area contributed by atoms with E-state index < -0.39 is 5.82 Å². The smallest absolute Gasteiger partial charge is 0.295 e. The van der Waals surface area contributed by atoms with Gasteiger partial charge >= 0.3 is 0 Å². The highest BCUT2D eigenvalue weighted by Crippen LogP contribution is 2.31. The van der Waals surface area contributed by atoms with Crippen molar-refractivity contribution in [3.8, 4) is 11.5 Å². The zero-order chi connectivity index (χ0) is 27.2. The molecular formula is C26H31FN8O4. The van der Waals surface area contributed by atoms with Gasteiger partial charge in [-0.05, 0) is 66.9 Å². The van der Waals surface area contributed by atoms with E-state index in [9.17, 15) is 9.18 Å². The van der Waals surface area contributed by atoms with Crippen molar-refractivity contribution in [1.29, 1.82) is 0 Å². The van der Waals surface area contributed by atoms with Crippen molar-refractivity contribution < 1.29 is 23.1 Å². The van der Waals surface area contributed by atoms with Crippen molar-refractivity contribution >= 4 is 28.7 Å². The highest BCUT2D eigenvalue weighted by atomic mass is 19.1. The van der Waals surface area contributed by atoms with Gasteiger partial charge in [0.25, 0.3) is 6.01 Å². The number of hydrogen-bond donors (Lipinski definition) is 3. The number of para-hydroxylation sites is 1. The average molecular weight is 539 g/mol. The van der Waals surface area contributed by atoms with Crippen LogP contribution in [0.2, 0.25) is 0 Å². The van der Waals surface area contributed by atoms with E-state index in [1.807, 2.05) is 19.9 Å². The summed E-state index contributed by atoms with van der Waals surface area (Å²) in [5.41, 5.74) is 2.63. The topological polar surface area (TPSA) is 143 Å². The van der Waals surface area contributed by atoms with Crippen molar-refractivity contribution in [2.24, 2.45) is 0 Å². The normalized spacial score (nSPS) is 14.4. The van der Waals surface area contributed by atoms with Gasteiger partial charge in [-0.1, -0.05) is 6.07 Å². The molecule has 1 fully saturated rings. The third-order valence-corrected chi connectivity index (χ3v) is 6.40. The van der Waals surface area contributed by atoms with Crippen LogP contribution in [0, 0.1) is 5.82 Å². The number of tetrazole rings is 1. The fraction of sp³-hybridized carbons (Fsp3) is 0.423. The number of hydrogen-bond acceptors (Lipinski definition) is 10. The number of piperidine rings is 1. The molecule has 206 valence electrons. The number of aromatic amines is 1. The summed E-state index contributed by atoms with van der Waals surface area (Å²) in [5.74, 6) is 0.0813. The first-order valence-electron chi connectivity index (χ1n) is 13.0. The lowest BCUT2D eigenvalue weighted by atomic mass is 10.0. The van der Waals surface area contributed by atoms with E-state index in [1.165, 1.54) is 0 Å². The summed E-state index contributed by atoms with van der Waals surface area (Å²) in [7, 11) is 0. The maximum atomic E-state index is 14.6. The molecule has 0 atom stereocenters. The Balaban J connectivity index is 1.18. The minimum absolute atomic E-state index is 0.0166. The summed E-state index contributed by atoms with van der Waals surface area (Å²) in [5, 5.41) is 19.5. The summed E-state index contributed by atoms with van der Waals surface area (Å²) in [4.78, 5) is 19.3. The molecule has 13 heteroatoms. The Kier molecular flexibility index (Phi) is 8.16. The van der Waals surface area contributed by atoms with Crippen LogP contribution < -0.4 is 20.1 Å². The van der Waals surface area contributed by atoms with Crippen LogP contribution in [0.15, 0.2) is 34.7 Å². The van der Waals surface area contributed by atoms with Gasteiger partial charge in [0.15, 0.2) is 22.9 Å². The van der Waals surface area contributed by atoms with E-state index >= 15 is 0 Å². The Morgan fingerprint density at radius 2 is 1.92 bits per heavy atom. The molecule has 0 unspecified atom stereocenters. The van der Waals surface area contributed by atoms with Crippen LogP contribution in [0.3, 0.4) is 0 Å². The molecular weight excluding hydrogens is 507 g/mol. The highest BCUT2D eigenvalue weighted by Gasteiger charge is 2.23. The summed E-state index contributed by atoms with van der Waals surface area (Å²) < 4.78 is 31.5. The van der Waals surface area contributed by atoms with Gasteiger partial charge in [-0.3, -0.25) is 9.69 Å². The Labute approximate surface area is 224 Å². The molecule has 3 heterocycles. The number of nitrogens with zero attached hydrogens (tertiary/aromatic N) is 5. The number of likely N-dealkylation sites (tertiary alicyclic amines) is 1. The number of H-pyrrole nitrogens is 1. The van der Waals surface area contributed by atoms with E-state index in [2.05, 4.69) is 41.1 Å². The number of ether oxygens (including phenoxy) is 2. The molecule has 2 aromatic heterocycles. The SMILES string of the molecule is CCOc1cc(CN2CCC(Nc3nc4c(NC(=O)Cc5nnn[nH]5)cccc4o3)CC2)cc(OCC)c1F. The third-order valence-electron chi connectivity index (χ3n) is 6.40. The van der Waals surface area contributed by atoms with Crippen molar-refractivity contribution in [3.63, 3.8) is 0 Å². The summed E-state index contributed by atoms with van der Waals surface area (Å²) in [6, 6.07) is 9.47. The van der Waals surface area contributed by atoms with Crippen molar-refractivity contribution in [1.82, 2.24) is 30.5 Å². The molecule has 39 heavy (non-hydrogen) atoms. The number of oxazole rings is 1. The molecule has 1 saturated heterocycles. The Morgan fingerprint density at radius 1 is 1.18 bits per heavy atom. The fourth-order valence-corrected chi connectivity index (χ4v) is 4.62. The molecule has 0 aliphatic carbocycles. The first-order chi connectivity index (χ1) is 19.0. The highest BCUT2D eigenvalue weighted by molar-refractivity contribution is 5.99. The Hall–Kier alpha value is -4.26. The van der Waals surface area contributed by atoms with Crippen LogP contribution in [0.1, 0.15) is 38.1 Å². The number of carbonyl (C=O) groups excluding carboxylic acids is 1. The summed E-state index contributed by atoms with van der Waals surface area (Å²) >= 11 is 0. The standard InChI is InChI=1S/C26H31FN8O4/c1-3-37-20-12-16(13-21(24(20)27)38-4-2)15-35-10-8-17(9-11-35)28-26-30-25-18(6-5-7-19(25)39-26)29-23(36)14-22-31-33-34-32-22/h5-7,12-13,17H,3-4,8-11,14-15H2,1-2H3,(H,28,30)(H,29,36)(H,31,32,33,34). The third kappa shape index (κ3) is 6.42. The van der Waals surface area contributed by atoms with Gasteiger partial charge in [-0.2, -0.15) is 9.37 Å². The number of aromatic nitrogens is 5. The number of amides is 1. The molecule has 0 bridgehead atoms. The van der Waals surface area contributed by atoms with Crippen LogP contribution in [-0.4, -0.2) is 68.8 Å². The number of nitrogens with one attached hydrogen (secondary N) is 3. The Bertz CT molecular complexity index is 1380. The van der Waals surface area contributed by atoms with Gasteiger partial charge in [0, 0.05) is 25.7 Å². The number of rotatable bonds is 11. The van der Waals surface area contributed by atoms with E-state index in [4.69, 9.17) is 13.9 Å². The molecule has 0 spiro atoms. The number of carbonyl (C=O) groups is 1. The summed E-state index contributed by atoms with van der Waals surface area (Å²) in [6.45, 7) is 6.79. The van der Waals surface area contributed by atoms with Crippen LogP contribution >= 0.6 is 0 Å². The van der Waals surface area contributed by atoms with Crippen molar-refractivity contribution in [3.05, 3.63) is 47.5 Å². The average Bonchev–Trinajstić information content (AvgIpc) is 3.58. The number of fused-ring (bicyclic) bond motifs is 1. The molecule has 0 radical (unpaired) electrons. The minimum atomic E-state index is -0.460. The second-order valence-corrected chi connectivity index (χ2v) is 9.21. The van der Waals surface area contributed by atoms with Crippen LogP contribution in [0.25, 0.3) is 11.1 Å². The second kappa shape index (κ2) is 12.1. The van der Waals surface area contributed by atoms with Gasteiger partial charge in [0.05, 0.1) is 25.3 Å². The lowest BCUT2D eigenvalue weighted by Gasteiger charge is -2.32. The van der Waals surface area contributed by atoms with E-state index in [0.717, 1.165) is 31.5 Å². The molecule has 1 aliphatic rings. The zero-order valence-electron chi connectivity index (χ0n) is 21.9. The quantitative estimate of drug-likeness (QED) is 0.259. The maximum absolute atomic E-state index is 14.6. The van der Waals surface area contributed by atoms with Gasteiger partial charge in [0.1, 0.15) is 5.52 Å². The molecule has 12 nitrogen and oxygen atoms in total. The van der Waals surface area contributed by atoms with Crippen LogP contribution in [0.4, 0.5) is 16.1 Å². The van der Waals surface area contributed by atoms with E-state index in [1.54, 1.807) is 24.3 Å². The van der Waals surface area contributed by atoms with Crippen LogP contribution in [0.5, 0.6) is 11.5 Å². The molecule has 5 rings (SSSR count). The number of anilines is 2. The summed E-state index contributed by atoms with van der Waals surface area (Å²) in [6.07, 6.45) is 1.78. The molecule has 4 aromatic rings. The molecule has 0 saturated carbocycles. The van der Waals surface area contributed by atoms with Gasteiger partial charge in [-0.25, -0.2) is 5.10 Å². The first-order valence-corrected chi connectivity index (χ1v) is 13.0. The van der Waals surface area contributed by atoms with Crippen molar-refractivity contribution in [2.45, 2.75) is 45.7 Å². The first kappa shape index (κ1) is 26.4. The van der Waals surface area contributed by atoms with E-state index in [0.29, 0.717) is 48.4 Å². The number of halogens is 1. The van der Waals surface area contributed by atoms with Crippen molar-refractivity contribution in [2.75, 3.05) is 36.9 Å². The second-order valence-electron chi connectivity index (χ2n) is 9.21. The monoisotopic (exact) mass is 538 g/mol. The van der Waals surface area contributed by atoms with Gasteiger partial charge < -0.3 is 24.5 Å². The maximum Gasteiger partial charge on any atom is 0.295 e. The molecule has 3 N–H and O–H groups in total. The van der Waals surface area contributed by atoms with E-state index in [-0.39, 0.29) is 29.9 Å². The number of benzene rings is 2. The molecule has 1 amide bonds. The largest absolute Gasteiger partial charge is 0.491 e. The molecule has 1 aliphatic heterocycles. The lowest BCUT2D eigenvalue weighted by molar-refractivity contribution is -0.115. The fourth-order valence-electron chi connectivity index (χ4n) is 4.62. The lowest BCUT2D eigenvalue weighted by Crippen LogP contribution is -2.38. The zero-order valence-corrected chi connectivity index (χ0v) is 21.9. The predicted molar refractivity (Wildman–Crippen MR) is 141 cm³/mol. The predicted octanol–water partition coefficient (Wildman–Crippen LogP) is 3.54. The van der Waals surface area contributed by atoms with Gasteiger partial charge in [0.2, 0.25) is 11.7 Å². The molecule has 2 aromatic carbocycles. The minimum Gasteiger partial charge on any atom is -0.491 e.